The predicted molar refractivity (Wildman–Crippen MR) is 113 cm³/mol. The van der Waals surface area contributed by atoms with Crippen molar-refractivity contribution >= 4 is 29.2 Å². The summed E-state index contributed by atoms with van der Waals surface area (Å²) in [4.78, 5) is 27.4. The van der Waals surface area contributed by atoms with Gasteiger partial charge in [-0.2, -0.15) is 0 Å². The second-order valence-corrected chi connectivity index (χ2v) is 7.82. The zero-order valence-electron chi connectivity index (χ0n) is 16.8. The molecule has 2 N–H and O–H groups in total. The number of aromatic nitrogens is 2. The lowest BCUT2D eigenvalue weighted by molar-refractivity contribution is 0.0941. The van der Waals surface area contributed by atoms with Crippen LogP contribution in [0.2, 0.25) is 0 Å². The molecule has 0 bridgehead atoms. The minimum Gasteiger partial charge on any atom is -0.495 e. The van der Waals surface area contributed by atoms with Gasteiger partial charge >= 0.3 is 6.03 Å². The molecule has 3 rings (SSSR count). The molecular formula is C20H27N5O3S. The molecule has 0 aliphatic carbocycles. The summed E-state index contributed by atoms with van der Waals surface area (Å²) in [5.41, 5.74) is 1.44. The molecule has 1 fully saturated rings. The molecule has 0 atom stereocenters. The van der Waals surface area contributed by atoms with Crippen molar-refractivity contribution in [2.24, 2.45) is 5.92 Å². The van der Waals surface area contributed by atoms with Gasteiger partial charge in [-0.1, -0.05) is 30.0 Å². The van der Waals surface area contributed by atoms with Crippen molar-refractivity contribution in [1.82, 2.24) is 19.8 Å². The van der Waals surface area contributed by atoms with E-state index in [9.17, 15) is 9.59 Å². The van der Waals surface area contributed by atoms with Gasteiger partial charge in [0.1, 0.15) is 10.6 Å². The summed E-state index contributed by atoms with van der Waals surface area (Å²) in [5, 5.41) is 9.97. The van der Waals surface area contributed by atoms with Crippen molar-refractivity contribution in [3.05, 3.63) is 34.8 Å². The number of carbonyl (C=O) groups is 2. The maximum atomic E-state index is 12.5. The number of hydrogen-bond donors (Lipinski definition) is 2. The van der Waals surface area contributed by atoms with Gasteiger partial charge in [0.25, 0.3) is 5.91 Å². The van der Waals surface area contributed by atoms with Crippen molar-refractivity contribution in [2.45, 2.75) is 32.6 Å². The summed E-state index contributed by atoms with van der Waals surface area (Å²) < 4.78 is 9.18. The van der Waals surface area contributed by atoms with E-state index in [1.165, 1.54) is 0 Å². The van der Waals surface area contributed by atoms with Crippen LogP contribution in [0.25, 0.3) is 0 Å². The maximum absolute atomic E-state index is 12.5. The average molecular weight is 418 g/mol. The van der Waals surface area contributed by atoms with Crippen molar-refractivity contribution in [2.75, 3.05) is 32.1 Å². The molecule has 156 valence electrons. The van der Waals surface area contributed by atoms with Gasteiger partial charge in [-0.3, -0.25) is 4.79 Å². The van der Waals surface area contributed by atoms with E-state index in [-0.39, 0.29) is 11.9 Å². The number of nitrogens with zero attached hydrogens (tertiary/aromatic N) is 3. The largest absolute Gasteiger partial charge is 0.495 e. The Bertz CT molecular complexity index is 833. The van der Waals surface area contributed by atoms with Gasteiger partial charge in [0.15, 0.2) is 0 Å². The van der Waals surface area contributed by atoms with E-state index < -0.39 is 0 Å². The number of amides is 3. The van der Waals surface area contributed by atoms with Gasteiger partial charge in [0.2, 0.25) is 0 Å². The van der Waals surface area contributed by atoms with E-state index in [0.717, 1.165) is 42.9 Å². The van der Waals surface area contributed by atoms with Crippen LogP contribution < -0.4 is 15.4 Å². The van der Waals surface area contributed by atoms with Crippen LogP contribution in [0.15, 0.2) is 24.3 Å². The van der Waals surface area contributed by atoms with E-state index >= 15 is 0 Å². The van der Waals surface area contributed by atoms with E-state index in [1.807, 2.05) is 24.3 Å². The third-order valence-corrected chi connectivity index (χ3v) is 5.82. The number of rotatable bonds is 7. The Morgan fingerprint density at radius 1 is 1.28 bits per heavy atom. The highest BCUT2D eigenvalue weighted by Crippen LogP contribution is 2.24. The van der Waals surface area contributed by atoms with Crippen molar-refractivity contribution in [3.8, 4) is 5.75 Å². The van der Waals surface area contributed by atoms with Crippen LogP contribution in [0.4, 0.5) is 10.5 Å². The lowest BCUT2D eigenvalue weighted by atomic mass is 9.97. The standard InChI is InChI=1S/C20H27N5O3S/c1-3-6-16-18(29-24-23-16)19(26)21-13-14-9-11-25(12-10-14)20(27)22-15-7-4-5-8-17(15)28-2/h4-5,7-8,14H,3,6,9-13H2,1-2H3,(H,21,26)(H,22,27). The number of piperidine rings is 1. The van der Waals surface area contributed by atoms with Crippen LogP contribution in [0.5, 0.6) is 5.75 Å². The summed E-state index contributed by atoms with van der Waals surface area (Å²) in [6.45, 7) is 3.97. The van der Waals surface area contributed by atoms with Gasteiger partial charge in [0, 0.05) is 19.6 Å². The number of urea groups is 1. The lowest BCUT2D eigenvalue weighted by Gasteiger charge is -2.32. The van der Waals surface area contributed by atoms with E-state index in [4.69, 9.17) is 4.74 Å². The number of nitrogens with one attached hydrogen (secondary N) is 2. The number of likely N-dealkylation sites (tertiary alicyclic amines) is 1. The molecule has 1 aliphatic rings. The highest BCUT2D eigenvalue weighted by Gasteiger charge is 2.24. The first-order valence-corrected chi connectivity index (χ1v) is 10.7. The fourth-order valence-corrected chi connectivity index (χ4v) is 4.01. The van der Waals surface area contributed by atoms with Crippen LogP contribution in [0.1, 0.15) is 41.6 Å². The highest BCUT2D eigenvalue weighted by atomic mass is 32.1. The smallest absolute Gasteiger partial charge is 0.321 e. The number of methoxy groups -OCH3 is 1. The molecule has 3 amide bonds. The third kappa shape index (κ3) is 5.44. The number of ether oxygens (including phenoxy) is 1. The predicted octanol–water partition coefficient (Wildman–Crippen LogP) is 3.17. The molecule has 29 heavy (non-hydrogen) atoms. The van der Waals surface area contributed by atoms with Crippen LogP contribution in [0, 0.1) is 5.92 Å². The third-order valence-electron chi connectivity index (χ3n) is 5.05. The van der Waals surface area contributed by atoms with Crippen LogP contribution in [-0.2, 0) is 6.42 Å². The topological polar surface area (TPSA) is 96.5 Å². The van der Waals surface area contributed by atoms with Crippen molar-refractivity contribution < 1.29 is 14.3 Å². The van der Waals surface area contributed by atoms with E-state index in [1.54, 1.807) is 12.0 Å². The summed E-state index contributed by atoms with van der Waals surface area (Å²) in [6.07, 6.45) is 3.39. The quantitative estimate of drug-likeness (QED) is 0.721. The fraction of sp³-hybridized carbons (Fsp3) is 0.500. The second kappa shape index (κ2) is 10.2. The summed E-state index contributed by atoms with van der Waals surface area (Å²) >= 11 is 1.15. The monoisotopic (exact) mass is 417 g/mol. The Balaban J connectivity index is 1.45. The first-order valence-electron chi connectivity index (χ1n) is 9.90. The minimum atomic E-state index is -0.128. The first kappa shape index (κ1) is 21.0. The molecule has 1 aliphatic heterocycles. The molecule has 0 radical (unpaired) electrons. The molecule has 1 aromatic carbocycles. The molecule has 9 heteroatoms. The molecule has 2 heterocycles. The molecule has 0 unspecified atom stereocenters. The van der Waals surface area contributed by atoms with E-state index in [2.05, 4.69) is 27.1 Å². The molecule has 2 aromatic rings. The van der Waals surface area contributed by atoms with Crippen LogP contribution >= 0.6 is 11.5 Å². The Kier molecular flexibility index (Phi) is 7.40. The summed E-state index contributed by atoms with van der Waals surface area (Å²) in [6, 6.07) is 7.23. The lowest BCUT2D eigenvalue weighted by Crippen LogP contribution is -2.43. The first-order chi connectivity index (χ1) is 14.1. The summed E-state index contributed by atoms with van der Waals surface area (Å²) in [5.74, 6) is 0.892. The van der Waals surface area contributed by atoms with Crippen LogP contribution in [0.3, 0.4) is 0 Å². The zero-order chi connectivity index (χ0) is 20.6. The van der Waals surface area contributed by atoms with Crippen molar-refractivity contribution in [3.63, 3.8) is 0 Å². The van der Waals surface area contributed by atoms with Crippen molar-refractivity contribution in [1.29, 1.82) is 0 Å². The number of benzene rings is 1. The summed E-state index contributed by atoms with van der Waals surface area (Å²) in [7, 11) is 1.58. The fourth-order valence-electron chi connectivity index (χ4n) is 3.38. The Hall–Kier alpha value is -2.68. The molecule has 8 nitrogen and oxygen atoms in total. The Morgan fingerprint density at radius 2 is 2.03 bits per heavy atom. The molecular weight excluding hydrogens is 390 g/mol. The Labute approximate surface area is 174 Å². The zero-order valence-corrected chi connectivity index (χ0v) is 17.6. The number of anilines is 1. The highest BCUT2D eigenvalue weighted by molar-refractivity contribution is 7.08. The number of carbonyl (C=O) groups excluding carboxylic acids is 2. The SMILES string of the molecule is CCCc1nnsc1C(=O)NCC1CCN(C(=O)Nc2ccccc2OC)CC1. The molecule has 0 spiro atoms. The van der Waals surface area contributed by atoms with E-state index in [0.29, 0.717) is 41.9 Å². The number of para-hydroxylation sites is 2. The van der Waals surface area contributed by atoms with Gasteiger partial charge in [-0.05, 0) is 48.8 Å². The number of hydrogen-bond acceptors (Lipinski definition) is 6. The van der Waals surface area contributed by atoms with Gasteiger partial charge < -0.3 is 20.3 Å². The second-order valence-electron chi connectivity index (χ2n) is 7.07. The molecule has 1 aromatic heterocycles. The normalized spacial score (nSPS) is 14.5. The Morgan fingerprint density at radius 3 is 2.76 bits per heavy atom. The average Bonchev–Trinajstić information content (AvgIpc) is 3.21. The number of aryl methyl sites for hydroxylation is 1. The van der Waals surface area contributed by atoms with Gasteiger partial charge in [0.05, 0.1) is 18.5 Å². The molecule has 0 saturated carbocycles. The van der Waals surface area contributed by atoms with Gasteiger partial charge in [-0.25, -0.2) is 4.79 Å². The van der Waals surface area contributed by atoms with Gasteiger partial charge in [-0.15, -0.1) is 5.10 Å². The van der Waals surface area contributed by atoms with Crippen LogP contribution in [-0.4, -0.2) is 53.2 Å². The maximum Gasteiger partial charge on any atom is 0.321 e. The minimum absolute atomic E-state index is 0.0974. The molecule has 1 saturated heterocycles.